The number of hydrogen-bond acceptors (Lipinski definition) is 4. The van der Waals surface area contributed by atoms with Crippen molar-refractivity contribution in [3.63, 3.8) is 0 Å². The highest BCUT2D eigenvalue weighted by Gasteiger charge is 2.47. The summed E-state index contributed by atoms with van der Waals surface area (Å²) in [6, 6.07) is 16.7. The van der Waals surface area contributed by atoms with Gasteiger partial charge in [0.25, 0.3) is 0 Å². The van der Waals surface area contributed by atoms with Gasteiger partial charge in [-0.3, -0.25) is 24.1 Å². The summed E-state index contributed by atoms with van der Waals surface area (Å²) in [4.78, 5) is 56.1. The highest BCUT2D eigenvalue weighted by molar-refractivity contribution is 6.05. The maximum absolute atomic E-state index is 13.8. The van der Waals surface area contributed by atoms with Crippen LogP contribution in [0.5, 0.6) is 0 Å². The molecule has 1 N–H and O–H groups in total. The molecule has 7 nitrogen and oxygen atoms in total. The summed E-state index contributed by atoms with van der Waals surface area (Å²) in [6.07, 6.45) is 5.35. The van der Waals surface area contributed by atoms with Crippen LogP contribution >= 0.6 is 0 Å². The number of likely N-dealkylation sites (tertiary alicyclic amines) is 1. The average molecular weight is 516 g/mol. The van der Waals surface area contributed by atoms with Crippen LogP contribution in [-0.2, 0) is 32.1 Å². The lowest BCUT2D eigenvalue weighted by atomic mass is 9.85. The first-order valence-electron chi connectivity index (χ1n) is 13.4. The van der Waals surface area contributed by atoms with Gasteiger partial charge in [-0.25, -0.2) is 0 Å². The molecule has 2 aromatic carbocycles. The minimum absolute atomic E-state index is 0.0255. The number of carbonyl (C=O) groups excluding carboxylic acids is 4. The molecule has 2 aliphatic rings. The molecule has 1 saturated heterocycles. The van der Waals surface area contributed by atoms with Crippen molar-refractivity contribution in [2.45, 2.75) is 65.1 Å². The van der Waals surface area contributed by atoms with Gasteiger partial charge in [0.2, 0.25) is 23.6 Å². The lowest BCUT2D eigenvalue weighted by molar-refractivity contribution is -0.144. The molecule has 0 bridgehead atoms. The van der Waals surface area contributed by atoms with Crippen LogP contribution in [0.1, 0.15) is 49.8 Å². The van der Waals surface area contributed by atoms with Crippen LogP contribution in [0.15, 0.2) is 66.7 Å². The molecule has 200 valence electrons. The number of nitrogens with zero attached hydrogens (tertiary/aromatic N) is 2. The largest absolute Gasteiger partial charge is 0.352 e. The molecule has 38 heavy (non-hydrogen) atoms. The summed E-state index contributed by atoms with van der Waals surface area (Å²) < 4.78 is 0. The second-order valence-corrected chi connectivity index (χ2v) is 10.6. The van der Waals surface area contributed by atoms with Gasteiger partial charge >= 0.3 is 0 Å². The van der Waals surface area contributed by atoms with Crippen molar-refractivity contribution in [2.24, 2.45) is 11.8 Å². The molecule has 3 atom stereocenters. The number of benzene rings is 2. The predicted octanol–water partition coefficient (Wildman–Crippen LogP) is 3.80. The van der Waals surface area contributed by atoms with Gasteiger partial charge < -0.3 is 10.2 Å². The standard InChI is InChI=1S/C31H37N3O4/c1-21(2)32-29(36)27(19-23-11-5-4-6-12-23)34(20-24-13-9-10-22(3)18-24)28(35)16-17-33-30(37)25-14-7-8-15-26(25)31(33)38/h4-13,18,21,25-27H,14-17,19-20H2,1-3H3,(H,32,36)/t25-,26+,27-/m1/s1. The van der Waals surface area contributed by atoms with Crippen LogP contribution in [0, 0.1) is 18.8 Å². The van der Waals surface area contributed by atoms with Crippen molar-refractivity contribution in [2.75, 3.05) is 6.54 Å². The van der Waals surface area contributed by atoms with Gasteiger partial charge in [-0.2, -0.15) is 0 Å². The number of carbonyl (C=O) groups is 4. The molecule has 0 saturated carbocycles. The van der Waals surface area contributed by atoms with Crippen molar-refractivity contribution < 1.29 is 19.2 Å². The van der Waals surface area contributed by atoms with Gasteiger partial charge in [0.1, 0.15) is 6.04 Å². The van der Waals surface area contributed by atoms with Gasteiger partial charge in [-0.1, -0.05) is 72.3 Å². The molecule has 1 aliphatic carbocycles. The van der Waals surface area contributed by atoms with E-state index in [2.05, 4.69) is 5.32 Å². The van der Waals surface area contributed by atoms with Crippen molar-refractivity contribution in [1.82, 2.24) is 15.1 Å². The Morgan fingerprint density at radius 1 is 0.947 bits per heavy atom. The van der Waals surface area contributed by atoms with Gasteiger partial charge in [-0.05, 0) is 44.7 Å². The minimum Gasteiger partial charge on any atom is -0.352 e. The Kier molecular flexibility index (Phi) is 8.77. The molecule has 0 radical (unpaired) electrons. The molecule has 7 heteroatoms. The lowest BCUT2D eigenvalue weighted by Gasteiger charge is -2.32. The predicted molar refractivity (Wildman–Crippen MR) is 146 cm³/mol. The van der Waals surface area contributed by atoms with E-state index in [0.717, 1.165) is 16.7 Å². The maximum atomic E-state index is 13.8. The summed E-state index contributed by atoms with van der Waals surface area (Å²) >= 11 is 0. The Morgan fingerprint density at radius 2 is 1.58 bits per heavy atom. The van der Waals surface area contributed by atoms with Crippen LogP contribution in [0.2, 0.25) is 0 Å². The third-order valence-corrected chi connectivity index (χ3v) is 7.29. The number of rotatable bonds is 10. The first-order valence-corrected chi connectivity index (χ1v) is 13.4. The van der Waals surface area contributed by atoms with E-state index in [1.54, 1.807) is 4.90 Å². The Balaban J connectivity index is 1.59. The second-order valence-electron chi connectivity index (χ2n) is 10.6. The summed E-state index contributed by atoms with van der Waals surface area (Å²) in [5.74, 6) is -1.53. The van der Waals surface area contributed by atoms with E-state index >= 15 is 0 Å². The zero-order valence-electron chi connectivity index (χ0n) is 22.4. The Bertz CT molecular complexity index is 1180. The van der Waals surface area contributed by atoms with Crippen molar-refractivity contribution in [1.29, 1.82) is 0 Å². The Hall–Kier alpha value is -3.74. The Morgan fingerprint density at radius 3 is 2.18 bits per heavy atom. The van der Waals surface area contributed by atoms with Crippen molar-refractivity contribution in [3.8, 4) is 0 Å². The van der Waals surface area contributed by atoms with E-state index in [0.29, 0.717) is 19.3 Å². The summed E-state index contributed by atoms with van der Waals surface area (Å²) in [7, 11) is 0. The fourth-order valence-corrected chi connectivity index (χ4v) is 5.38. The van der Waals surface area contributed by atoms with Gasteiger partial charge in [0.05, 0.1) is 11.8 Å². The third-order valence-electron chi connectivity index (χ3n) is 7.29. The lowest BCUT2D eigenvalue weighted by Crippen LogP contribution is -2.52. The average Bonchev–Trinajstić information content (AvgIpc) is 3.14. The molecule has 1 fully saturated rings. The van der Waals surface area contributed by atoms with E-state index in [9.17, 15) is 19.2 Å². The SMILES string of the molecule is Cc1cccc(CN(C(=O)CCN2C(=O)[C@H]3CC=CC[C@H]3C2=O)[C@H](Cc2ccccc2)C(=O)NC(C)C)c1. The van der Waals surface area contributed by atoms with Crippen LogP contribution in [0.25, 0.3) is 0 Å². The molecule has 4 amide bonds. The molecule has 0 unspecified atom stereocenters. The van der Waals surface area contributed by atoms with Crippen molar-refractivity contribution in [3.05, 3.63) is 83.4 Å². The molecular formula is C31H37N3O4. The first kappa shape index (κ1) is 27.3. The van der Waals surface area contributed by atoms with Crippen LogP contribution in [-0.4, -0.2) is 52.1 Å². The molecule has 0 aromatic heterocycles. The van der Waals surface area contributed by atoms with E-state index in [-0.39, 0.29) is 61.0 Å². The minimum atomic E-state index is -0.746. The highest BCUT2D eigenvalue weighted by Crippen LogP contribution is 2.35. The van der Waals surface area contributed by atoms with E-state index in [1.807, 2.05) is 87.5 Å². The molecular weight excluding hydrogens is 478 g/mol. The van der Waals surface area contributed by atoms with E-state index < -0.39 is 6.04 Å². The quantitative estimate of drug-likeness (QED) is 0.385. The van der Waals surface area contributed by atoms with Crippen LogP contribution < -0.4 is 5.32 Å². The summed E-state index contributed by atoms with van der Waals surface area (Å²) in [5.41, 5.74) is 2.92. The zero-order valence-corrected chi connectivity index (χ0v) is 22.4. The van der Waals surface area contributed by atoms with E-state index in [4.69, 9.17) is 0 Å². The number of aryl methyl sites for hydroxylation is 1. The molecule has 1 aliphatic heterocycles. The monoisotopic (exact) mass is 515 g/mol. The number of allylic oxidation sites excluding steroid dienone is 2. The summed E-state index contributed by atoms with van der Waals surface area (Å²) in [5, 5.41) is 2.98. The summed E-state index contributed by atoms with van der Waals surface area (Å²) in [6.45, 7) is 6.05. The van der Waals surface area contributed by atoms with Gasteiger partial charge in [0.15, 0.2) is 0 Å². The Labute approximate surface area is 224 Å². The molecule has 4 rings (SSSR count). The van der Waals surface area contributed by atoms with Gasteiger partial charge in [-0.15, -0.1) is 0 Å². The molecule has 2 aromatic rings. The fraction of sp³-hybridized carbons (Fsp3) is 0.419. The number of amides is 4. The topological polar surface area (TPSA) is 86.8 Å². The third kappa shape index (κ3) is 6.39. The fourth-order valence-electron chi connectivity index (χ4n) is 5.38. The van der Waals surface area contributed by atoms with E-state index in [1.165, 1.54) is 4.90 Å². The highest BCUT2D eigenvalue weighted by atomic mass is 16.2. The van der Waals surface area contributed by atoms with Gasteiger partial charge in [0, 0.05) is 32.0 Å². The maximum Gasteiger partial charge on any atom is 0.243 e. The number of imide groups is 1. The van der Waals surface area contributed by atoms with Crippen LogP contribution in [0.3, 0.4) is 0 Å². The zero-order chi connectivity index (χ0) is 27.2. The van der Waals surface area contributed by atoms with Crippen LogP contribution in [0.4, 0.5) is 0 Å². The number of fused-ring (bicyclic) bond motifs is 1. The molecule has 1 heterocycles. The first-order chi connectivity index (χ1) is 18.2. The smallest absolute Gasteiger partial charge is 0.243 e. The number of nitrogens with one attached hydrogen (secondary N) is 1. The van der Waals surface area contributed by atoms with Crippen molar-refractivity contribution >= 4 is 23.6 Å². The number of hydrogen-bond donors (Lipinski definition) is 1. The molecule has 0 spiro atoms. The second kappa shape index (κ2) is 12.2. The normalized spacial score (nSPS) is 19.4.